The van der Waals surface area contributed by atoms with Crippen LogP contribution in [0.25, 0.3) is 10.8 Å². The second-order valence-corrected chi connectivity index (χ2v) is 8.59. The van der Waals surface area contributed by atoms with Gasteiger partial charge in [0.05, 0.1) is 17.0 Å². The average Bonchev–Trinajstić information content (AvgIpc) is 3.25. The first-order valence-corrected chi connectivity index (χ1v) is 10.6. The first kappa shape index (κ1) is 22.8. The van der Waals surface area contributed by atoms with Gasteiger partial charge in [-0.2, -0.15) is 18.3 Å². The molecule has 2 aromatic heterocycles. The van der Waals surface area contributed by atoms with E-state index in [4.69, 9.17) is 5.73 Å². The Morgan fingerprint density at radius 2 is 2.00 bits per heavy atom. The smallest absolute Gasteiger partial charge is 0.399 e. The first-order chi connectivity index (χ1) is 15.5. The van der Waals surface area contributed by atoms with Crippen LogP contribution >= 0.6 is 0 Å². The molecule has 1 fully saturated rings. The normalized spacial score (nSPS) is 17.7. The largest absolute Gasteiger partial charge is 0.416 e. The van der Waals surface area contributed by atoms with Gasteiger partial charge >= 0.3 is 6.18 Å². The minimum Gasteiger partial charge on any atom is -0.399 e. The van der Waals surface area contributed by atoms with Gasteiger partial charge < -0.3 is 20.9 Å². The molecule has 2 atom stereocenters. The molecule has 11 heteroatoms. The van der Waals surface area contributed by atoms with Crippen molar-refractivity contribution in [3.8, 4) is 0 Å². The number of nitrogens with one attached hydrogen (secondary N) is 2. The second-order valence-electron chi connectivity index (χ2n) is 8.59. The lowest BCUT2D eigenvalue weighted by Gasteiger charge is -2.22. The molecule has 1 saturated heterocycles. The Kier molecular flexibility index (Phi) is 5.91. The Bertz CT molecular complexity index is 1220. The molecule has 1 aromatic carbocycles. The number of benzene rings is 1. The number of aromatic amines is 1. The molecule has 1 unspecified atom stereocenters. The highest BCUT2D eigenvalue weighted by Crippen LogP contribution is 2.34. The summed E-state index contributed by atoms with van der Waals surface area (Å²) >= 11 is 0. The van der Waals surface area contributed by atoms with E-state index in [1.165, 1.54) is 12.3 Å². The molecule has 0 spiro atoms. The third-order valence-electron chi connectivity index (χ3n) is 6.03. The summed E-state index contributed by atoms with van der Waals surface area (Å²) in [7, 11) is 4.07. The molecule has 0 amide bonds. The van der Waals surface area contributed by atoms with E-state index < -0.39 is 23.3 Å². The molecule has 176 valence electrons. The monoisotopic (exact) mass is 461 g/mol. The average molecular weight is 461 g/mol. The molecule has 3 heterocycles. The fourth-order valence-corrected chi connectivity index (χ4v) is 4.08. The zero-order valence-electron chi connectivity index (χ0n) is 18.6. The van der Waals surface area contributed by atoms with Crippen LogP contribution in [-0.2, 0) is 6.18 Å². The van der Waals surface area contributed by atoms with Crippen molar-refractivity contribution in [3.63, 3.8) is 0 Å². The predicted molar refractivity (Wildman–Crippen MR) is 122 cm³/mol. The van der Waals surface area contributed by atoms with E-state index in [1.807, 2.05) is 14.1 Å². The number of aromatic nitrogens is 3. The summed E-state index contributed by atoms with van der Waals surface area (Å²) in [5, 5.41) is 10.6. The molecule has 0 aliphatic carbocycles. The number of pyridine rings is 1. The molecule has 0 saturated carbocycles. The fraction of sp³-hybridized carbons (Fsp3) is 0.409. The summed E-state index contributed by atoms with van der Waals surface area (Å²) in [6, 6.07) is 5.09. The SMILES string of the molecule is C[C@@H](Nc1n[nH]c(=O)c2cnc(N3CCC(N(C)C)C3)cc12)c1cc(N)cc(C(F)(F)F)c1. The second kappa shape index (κ2) is 8.54. The van der Waals surface area contributed by atoms with Gasteiger partial charge in [0.1, 0.15) is 5.82 Å². The number of nitrogens with two attached hydrogens (primary N) is 1. The Labute approximate surface area is 188 Å². The summed E-state index contributed by atoms with van der Waals surface area (Å²) in [6.45, 7) is 3.35. The van der Waals surface area contributed by atoms with Gasteiger partial charge in [-0.15, -0.1) is 0 Å². The van der Waals surface area contributed by atoms with E-state index in [9.17, 15) is 18.0 Å². The Hall–Kier alpha value is -3.34. The van der Waals surface area contributed by atoms with Crippen LogP contribution in [0.2, 0.25) is 0 Å². The van der Waals surface area contributed by atoms with Crippen LogP contribution in [0.15, 0.2) is 35.3 Å². The topological polar surface area (TPSA) is 103 Å². The van der Waals surface area contributed by atoms with Crippen LogP contribution in [0.4, 0.5) is 30.5 Å². The van der Waals surface area contributed by atoms with Gasteiger partial charge in [0.15, 0.2) is 5.82 Å². The molecule has 1 aliphatic heterocycles. The van der Waals surface area contributed by atoms with Crippen molar-refractivity contribution in [3.05, 3.63) is 51.9 Å². The van der Waals surface area contributed by atoms with Crippen molar-refractivity contribution in [2.45, 2.75) is 31.6 Å². The van der Waals surface area contributed by atoms with Crippen molar-refractivity contribution in [1.29, 1.82) is 0 Å². The Morgan fingerprint density at radius 3 is 2.67 bits per heavy atom. The number of anilines is 3. The summed E-state index contributed by atoms with van der Waals surface area (Å²) < 4.78 is 39.7. The maximum atomic E-state index is 13.2. The number of H-pyrrole nitrogens is 1. The van der Waals surface area contributed by atoms with Crippen LogP contribution in [-0.4, -0.2) is 53.3 Å². The molecule has 1 aliphatic rings. The number of likely N-dealkylation sites (N-methyl/N-ethyl adjacent to an activating group) is 1. The predicted octanol–water partition coefficient (Wildman–Crippen LogP) is 3.23. The molecule has 8 nitrogen and oxygen atoms in total. The van der Waals surface area contributed by atoms with Crippen LogP contribution < -0.4 is 21.5 Å². The van der Waals surface area contributed by atoms with Crippen molar-refractivity contribution in [2.75, 3.05) is 43.1 Å². The standard InChI is InChI=1S/C22H26F3N7O/c1-12(13-6-14(22(23,24)25)8-15(26)7-13)28-20-17-9-19(27-10-18(17)21(33)30-29-20)32-5-4-16(11-32)31(2)3/h6-10,12,16H,4-5,11,26H2,1-3H3,(H,28,29)(H,30,33)/t12-,16?/m1/s1. The summed E-state index contributed by atoms with van der Waals surface area (Å²) in [6.07, 6.45) is -2.00. The van der Waals surface area contributed by atoms with Crippen molar-refractivity contribution < 1.29 is 13.2 Å². The quantitative estimate of drug-likeness (QED) is 0.501. The highest BCUT2D eigenvalue weighted by molar-refractivity contribution is 5.92. The lowest BCUT2D eigenvalue weighted by molar-refractivity contribution is -0.137. The van der Waals surface area contributed by atoms with Gasteiger partial charge in [0, 0.05) is 36.4 Å². The van der Waals surface area contributed by atoms with Gasteiger partial charge in [-0.05, 0) is 57.3 Å². The Balaban J connectivity index is 1.67. The molecule has 33 heavy (non-hydrogen) atoms. The molecule has 0 bridgehead atoms. The van der Waals surface area contributed by atoms with E-state index >= 15 is 0 Å². The van der Waals surface area contributed by atoms with Crippen LogP contribution in [0, 0.1) is 0 Å². The maximum Gasteiger partial charge on any atom is 0.416 e. The van der Waals surface area contributed by atoms with E-state index in [-0.39, 0.29) is 5.69 Å². The summed E-state index contributed by atoms with van der Waals surface area (Å²) in [4.78, 5) is 21.1. The summed E-state index contributed by atoms with van der Waals surface area (Å²) in [5.41, 5.74) is 4.87. The van der Waals surface area contributed by atoms with Gasteiger partial charge in [-0.1, -0.05) is 0 Å². The first-order valence-electron chi connectivity index (χ1n) is 10.6. The number of hydrogen-bond donors (Lipinski definition) is 3. The molecule has 3 aromatic rings. The molecular weight excluding hydrogens is 435 g/mol. The summed E-state index contributed by atoms with van der Waals surface area (Å²) in [5.74, 6) is 1.07. The van der Waals surface area contributed by atoms with Crippen LogP contribution in [0.5, 0.6) is 0 Å². The van der Waals surface area contributed by atoms with Crippen LogP contribution in [0.3, 0.4) is 0 Å². The van der Waals surface area contributed by atoms with E-state index in [1.54, 1.807) is 13.0 Å². The number of alkyl halides is 3. The highest BCUT2D eigenvalue weighted by Gasteiger charge is 2.31. The molecular formula is C22H26F3N7O. The number of halogens is 3. The van der Waals surface area contributed by atoms with Gasteiger partial charge in [0.25, 0.3) is 5.56 Å². The minimum absolute atomic E-state index is 0.0173. The zero-order valence-corrected chi connectivity index (χ0v) is 18.6. The number of fused-ring (bicyclic) bond motifs is 1. The highest BCUT2D eigenvalue weighted by atomic mass is 19.4. The molecule has 4 rings (SSSR count). The van der Waals surface area contributed by atoms with E-state index in [0.29, 0.717) is 28.2 Å². The van der Waals surface area contributed by atoms with Crippen molar-refractivity contribution in [2.24, 2.45) is 0 Å². The van der Waals surface area contributed by atoms with Crippen molar-refractivity contribution >= 4 is 28.1 Å². The maximum absolute atomic E-state index is 13.2. The minimum atomic E-state index is -4.51. The van der Waals surface area contributed by atoms with E-state index in [0.717, 1.165) is 37.5 Å². The number of hydrogen-bond acceptors (Lipinski definition) is 7. The van der Waals surface area contributed by atoms with Gasteiger partial charge in [0.2, 0.25) is 0 Å². The Morgan fingerprint density at radius 1 is 1.24 bits per heavy atom. The molecule has 0 radical (unpaired) electrons. The lowest BCUT2D eigenvalue weighted by atomic mass is 10.0. The van der Waals surface area contributed by atoms with Crippen molar-refractivity contribution in [1.82, 2.24) is 20.1 Å². The third kappa shape index (κ3) is 4.72. The third-order valence-corrected chi connectivity index (χ3v) is 6.03. The number of nitrogens with zero attached hydrogens (tertiary/aromatic N) is 4. The van der Waals surface area contributed by atoms with E-state index in [2.05, 4.69) is 30.3 Å². The van der Waals surface area contributed by atoms with Gasteiger partial charge in [-0.25, -0.2) is 10.1 Å². The number of rotatable bonds is 5. The fourth-order valence-electron chi connectivity index (χ4n) is 4.08. The van der Waals surface area contributed by atoms with Crippen LogP contribution in [0.1, 0.15) is 30.5 Å². The zero-order chi connectivity index (χ0) is 23.9. The lowest BCUT2D eigenvalue weighted by Crippen LogP contribution is -2.31. The number of nitrogen functional groups attached to an aromatic ring is 1. The van der Waals surface area contributed by atoms with Gasteiger partial charge in [-0.3, -0.25) is 4.79 Å². The molecule has 4 N–H and O–H groups in total.